The molecule has 2 atom stereocenters. The maximum absolute atomic E-state index is 14.4. The van der Waals surface area contributed by atoms with Crippen molar-refractivity contribution in [1.82, 2.24) is 10.2 Å². The number of anilines is 1. The van der Waals surface area contributed by atoms with Crippen LogP contribution < -0.4 is 9.62 Å². The molecular formula is C26H35ClFN3O4S. The van der Waals surface area contributed by atoms with E-state index in [9.17, 15) is 22.4 Å². The molecule has 0 radical (unpaired) electrons. The van der Waals surface area contributed by atoms with Crippen molar-refractivity contribution in [2.24, 2.45) is 0 Å². The molecule has 0 fully saturated rings. The zero-order valence-corrected chi connectivity index (χ0v) is 23.0. The molecule has 10 heteroatoms. The van der Waals surface area contributed by atoms with E-state index in [2.05, 4.69) is 5.32 Å². The van der Waals surface area contributed by atoms with Crippen molar-refractivity contribution in [3.8, 4) is 0 Å². The number of halogens is 2. The summed E-state index contributed by atoms with van der Waals surface area (Å²) in [5.74, 6) is -1.17. The van der Waals surface area contributed by atoms with Crippen molar-refractivity contribution in [1.29, 1.82) is 0 Å². The predicted molar refractivity (Wildman–Crippen MR) is 142 cm³/mol. The average molecular weight is 540 g/mol. The third kappa shape index (κ3) is 8.20. The second kappa shape index (κ2) is 13.1. The lowest BCUT2D eigenvalue weighted by molar-refractivity contribution is -0.141. The Morgan fingerprint density at radius 2 is 1.81 bits per heavy atom. The molecule has 0 saturated carbocycles. The monoisotopic (exact) mass is 539 g/mol. The van der Waals surface area contributed by atoms with Gasteiger partial charge in [-0.3, -0.25) is 13.9 Å². The lowest BCUT2D eigenvalue weighted by Crippen LogP contribution is -2.49. The first-order valence-corrected chi connectivity index (χ1v) is 14.1. The first-order valence-electron chi connectivity index (χ1n) is 11.9. The molecule has 0 heterocycles. The highest BCUT2D eigenvalue weighted by Gasteiger charge is 2.28. The third-order valence-electron chi connectivity index (χ3n) is 6.06. The summed E-state index contributed by atoms with van der Waals surface area (Å²) in [7, 11) is -3.64. The Balaban J connectivity index is 2.22. The number of nitrogens with one attached hydrogen (secondary N) is 1. The number of nitrogens with zero attached hydrogens (tertiary/aromatic N) is 2. The van der Waals surface area contributed by atoms with Crippen LogP contribution in [0.3, 0.4) is 0 Å². The third-order valence-corrected chi connectivity index (χ3v) is 7.47. The molecule has 0 saturated heterocycles. The van der Waals surface area contributed by atoms with Gasteiger partial charge in [-0.15, -0.1) is 0 Å². The molecule has 0 unspecified atom stereocenters. The van der Waals surface area contributed by atoms with Crippen LogP contribution in [0.5, 0.6) is 0 Å². The molecule has 7 nitrogen and oxygen atoms in total. The SMILES string of the molecule is CC[C@@H](C)NC(=O)[C@@H](C)N(Cc1ccccc1F)C(=O)CCCN(c1cc(Cl)ccc1C)S(C)(=O)=O. The highest BCUT2D eigenvalue weighted by molar-refractivity contribution is 7.92. The van der Waals surface area contributed by atoms with Crippen molar-refractivity contribution in [2.45, 2.75) is 65.6 Å². The van der Waals surface area contributed by atoms with Gasteiger partial charge in [0, 0.05) is 36.1 Å². The normalized spacial score (nSPS) is 13.1. The average Bonchev–Trinajstić information content (AvgIpc) is 2.81. The molecule has 2 aromatic rings. The number of hydrogen-bond acceptors (Lipinski definition) is 4. The number of amides is 2. The van der Waals surface area contributed by atoms with Crippen LogP contribution in [0.2, 0.25) is 5.02 Å². The molecule has 2 amide bonds. The molecule has 0 bridgehead atoms. The molecule has 0 aliphatic heterocycles. The molecule has 2 rings (SSSR count). The summed E-state index contributed by atoms with van der Waals surface area (Å²) < 4.78 is 40.6. The van der Waals surface area contributed by atoms with Gasteiger partial charge in [-0.1, -0.05) is 42.8 Å². The van der Waals surface area contributed by atoms with Crippen LogP contribution in [0.25, 0.3) is 0 Å². The minimum atomic E-state index is -3.64. The minimum Gasteiger partial charge on any atom is -0.352 e. The number of aryl methyl sites for hydroxylation is 1. The first kappa shape index (κ1) is 29.6. The quantitative estimate of drug-likeness (QED) is 0.425. The summed E-state index contributed by atoms with van der Waals surface area (Å²) in [6, 6.07) is 10.2. The zero-order chi connectivity index (χ0) is 27.0. The number of hydrogen-bond donors (Lipinski definition) is 1. The van der Waals surface area contributed by atoms with Crippen LogP contribution in [0.15, 0.2) is 42.5 Å². The highest BCUT2D eigenvalue weighted by Crippen LogP contribution is 2.27. The molecule has 198 valence electrons. The summed E-state index contributed by atoms with van der Waals surface area (Å²) >= 11 is 6.09. The van der Waals surface area contributed by atoms with E-state index < -0.39 is 21.9 Å². The molecule has 36 heavy (non-hydrogen) atoms. The van der Waals surface area contributed by atoms with E-state index in [0.29, 0.717) is 16.3 Å². The summed E-state index contributed by atoms with van der Waals surface area (Å²) in [5.41, 5.74) is 1.47. The zero-order valence-electron chi connectivity index (χ0n) is 21.4. The fourth-order valence-electron chi connectivity index (χ4n) is 3.69. The Morgan fingerprint density at radius 1 is 1.14 bits per heavy atom. The van der Waals surface area contributed by atoms with Gasteiger partial charge in [0.25, 0.3) is 0 Å². The Labute approximate surface area is 218 Å². The molecule has 0 aliphatic rings. The topological polar surface area (TPSA) is 86.8 Å². The largest absolute Gasteiger partial charge is 0.352 e. The second-order valence-corrected chi connectivity index (χ2v) is 11.3. The van der Waals surface area contributed by atoms with E-state index in [1.54, 1.807) is 50.2 Å². The van der Waals surface area contributed by atoms with E-state index in [1.807, 2.05) is 13.8 Å². The summed E-state index contributed by atoms with van der Waals surface area (Å²) in [4.78, 5) is 27.4. The van der Waals surface area contributed by atoms with E-state index in [-0.39, 0.29) is 43.8 Å². The molecule has 0 aliphatic carbocycles. The van der Waals surface area contributed by atoms with Crippen LogP contribution in [-0.2, 0) is 26.2 Å². The van der Waals surface area contributed by atoms with Crippen molar-refractivity contribution < 1.29 is 22.4 Å². The van der Waals surface area contributed by atoms with Gasteiger partial charge < -0.3 is 10.2 Å². The summed E-state index contributed by atoms with van der Waals surface area (Å²) in [6.45, 7) is 7.16. The second-order valence-electron chi connectivity index (χ2n) is 8.98. The fraction of sp³-hybridized carbons (Fsp3) is 0.462. The van der Waals surface area contributed by atoms with Gasteiger partial charge in [-0.25, -0.2) is 12.8 Å². The predicted octanol–water partition coefficient (Wildman–Crippen LogP) is 4.67. The van der Waals surface area contributed by atoms with Crippen LogP contribution >= 0.6 is 11.6 Å². The first-order chi connectivity index (χ1) is 16.8. The Bertz CT molecular complexity index is 1180. The number of sulfonamides is 1. The number of benzene rings is 2. The molecule has 1 N–H and O–H groups in total. The number of rotatable bonds is 12. The number of carbonyl (C=O) groups excluding carboxylic acids is 2. The smallest absolute Gasteiger partial charge is 0.242 e. The highest BCUT2D eigenvalue weighted by atomic mass is 35.5. The van der Waals surface area contributed by atoms with Crippen molar-refractivity contribution in [2.75, 3.05) is 17.1 Å². The van der Waals surface area contributed by atoms with Gasteiger partial charge >= 0.3 is 0 Å². The molecule has 2 aromatic carbocycles. The van der Waals surface area contributed by atoms with Crippen LogP contribution in [0.1, 0.15) is 51.2 Å². The Kier molecular flexibility index (Phi) is 10.7. The van der Waals surface area contributed by atoms with Gasteiger partial charge in [0.05, 0.1) is 11.9 Å². The fourth-order valence-corrected chi connectivity index (χ4v) is 4.87. The van der Waals surface area contributed by atoms with Gasteiger partial charge in [0.2, 0.25) is 21.8 Å². The van der Waals surface area contributed by atoms with Crippen LogP contribution in [0, 0.1) is 12.7 Å². The Hall–Kier alpha value is -2.65. The van der Waals surface area contributed by atoms with E-state index in [0.717, 1.165) is 18.2 Å². The van der Waals surface area contributed by atoms with Gasteiger partial charge in [-0.05, 0) is 57.4 Å². The van der Waals surface area contributed by atoms with Gasteiger partial charge in [0.1, 0.15) is 11.9 Å². The van der Waals surface area contributed by atoms with E-state index in [1.165, 1.54) is 15.3 Å². The number of carbonyl (C=O) groups is 2. The van der Waals surface area contributed by atoms with Crippen LogP contribution in [0.4, 0.5) is 10.1 Å². The maximum atomic E-state index is 14.4. The molecular weight excluding hydrogens is 505 g/mol. The molecule has 0 aromatic heterocycles. The van der Waals surface area contributed by atoms with Crippen LogP contribution in [-0.4, -0.2) is 50.0 Å². The standard InChI is InChI=1S/C26H35ClFN3O4S/c1-6-19(3)29-26(33)20(4)30(17-21-10-7-8-11-23(21)28)25(32)12-9-15-31(36(5,34)35)24-16-22(27)14-13-18(24)2/h7-8,10-11,13-14,16,19-20H,6,9,12,15,17H2,1-5H3,(H,29,33)/t19-,20-/m1/s1. The maximum Gasteiger partial charge on any atom is 0.242 e. The van der Waals surface area contributed by atoms with Crippen molar-refractivity contribution in [3.63, 3.8) is 0 Å². The van der Waals surface area contributed by atoms with Crippen molar-refractivity contribution in [3.05, 3.63) is 64.4 Å². The summed E-state index contributed by atoms with van der Waals surface area (Å²) in [5, 5.41) is 3.27. The lowest BCUT2D eigenvalue weighted by Gasteiger charge is -2.30. The lowest BCUT2D eigenvalue weighted by atomic mass is 10.1. The summed E-state index contributed by atoms with van der Waals surface area (Å²) in [6.07, 6.45) is 2.00. The Morgan fingerprint density at radius 3 is 2.42 bits per heavy atom. The minimum absolute atomic E-state index is 0.0267. The van der Waals surface area contributed by atoms with Gasteiger partial charge in [-0.2, -0.15) is 0 Å². The molecule has 0 spiro atoms. The van der Waals surface area contributed by atoms with E-state index in [4.69, 9.17) is 11.6 Å². The van der Waals surface area contributed by atoms with Gasteiger partial charge in [0.15, 0.2) is 0 Å². The van der Waals surface area contributed by atoms with E-state index >= 15 is 0 Å². The van der Waals surface area contributed by atoms with Crippen molar-refractivity contribution >= 4 is 39.1 Å².